The normalized spacial score (nSPS) is 10.5. The summed E-state index contributed by atoms with van der Waals surface area (Å²) in [6.45, 7) is 0. The molecule has 0 aliphatic heterocycles. The number of benzene rings is 3. The Bertz CT molecular complexity index is 1340. The number of carboxylic acids is 1. The Hall–Kier alpha value is -4.24. The molecule has 0 amide bonds. The predicted molar refractivity (Wildman–Crippen MR) is 124 cm³/mol. The maximum Gasteiger partial charge on any atom is 0.335 e. The lowest BCUT2D eigenvalue weighted by atomic mass is 10.2. The molecule has 1 heterocycles. The molecule has 0 saturated heterocycles. The molecule has 1 aromatic heterocycles. The van der Waals surface area contributed by atoms with Gasteiger partial charge < -0.3 is 10.4 Å². The number of carboxylic acid groups (broad SMARTS) is 1. The zero-order valence-corrected chi connectivity index (χ0v) is 16.9. The highest BCUT2D eigenvalue weighted by Crippen LogP contribution is 2.16. The van der Waals surface area contributed by atoms with Crippen molar-refractivity contribution < 1.29 is 9.90 Å². The first kappa shape index (κ1) is 20.0. The van der Waals surface area contributed by atoms with Gasteiger partial charge in [0.1, 0.15) is 0 Å². The third-order valence-electron chi connectivity index (χ3n) is 4.45. The number of aromatic carboxylic acids is 1. The van der Waals surface area contributed by atoms with Gasteiger partial charge in [-0.1, -0.05) is 36.4 Å². The number of hydrogen-bond acceptors (Lipinski definition) is 5. The molecule has 0 bridgehead atoms. The molecule has 3 aromatic carbocycles. The van der Waals surface area contributed by atoms with Gasteiger partial charge in [0, 0.05) is 5.69 Å². The van der Waals surface area contributed by atoms with Crippen LogP contribution in [0.2, 0.25) is 0 Å². The third-order valence-corrected chi connectivity index (χ3v) is 4.65. The number of aromatic nitrogens is 2. The fourth-order valence-corrected chi connectivity index (χ4v) is 3.21. The summed E-state index contributed by atoms with van der Waals surface area (Å²) in [5.41, 5.74) is 7.28. The molecule has 9 heteroatoms. The minimum atomic E-state index is -1.03. The van der Waals surface area contributed by atoms with Gasteiger partial charge in [-0.2, -0.15) is 0 Å². The van der Waals surface area contributed by atoms with Gasteiger partial charge in [-0.15, -0.1) is 0 Å². The molecular weight excluding hydrogens is 414 g/mol. The van der Waals surface area contributed by atoms with E-state index in [1.54, 1.807) is 48.5 Å². The van der Waals surface area contributed by atoms with Crippen LogP contribution in [0.3, 0.4) is 0 Å². The lowest BCUT2D eigenvalue weighted by molar-refractivity contribution is 0.0697. The van der Waals surface area contributed by atoms with Gasteiger partial charge in [0.25, 0.3) is 5.56 Å². The van der Waals surface area contributed by atoms with Gasteiger partial charge in [0.2, 0.25) is 5.95 Å². The zero-order valence-electron chi connectivity index (χ0n) is 16.1. The Balaban J connectivity index is 1.62. The summed E-state index contributed by atoms with van der Waals surface area (Å²) in [6.07, 6.45) is 0. The van der Waals surface area contributed by atoms with Crippen molar-refractivity contribution in [2.45, 2.75) is 0 Å². The average molecular weight is 431 g/mol. The average Bonchev–Trinajstić information content (AvgIpc) is 2.78. The van der Waals surface area contributed by atoms with E-state index in [-0.39, 0.29) is 22.2 Å². The topological polar surface area (TPSA) is 108 Å². The van der Waals surface area contributed by atoms with Crippen molar-refractivity contribution in [2.75, 3.05) is 10.7 Å². The summed E-state index contributed by atoms with van der Waals surface area (Å²) in [7, 11) is 0. The van der Waals surface area contributed by atoms with E-state index in [0.717, 1.165) is 0 Å². The molecule has 31 heavy (non-hydrogen) atoms. The molecule has 0 atom stereocenters. The van der Waals surface area contributed by atoms with E-state index < -0.39 is 5.97 Å². The summed E-state index contributed by atoms with van der Waals surface area (Å²) in [6, 6.07) is 22.4. The lowest BCUT2D eigenvalue weighted by Gasteiger charge is -2.17. The van der Waals surface area contributed by atoms with E-state index in [9.17, 15) is 9.59 Å². The van der Waals surface area contributed by atoms with Gasteiger partial charge in [0.05, 0.1) is 22.2 Å². The lowest BCUT2D eigenvalue weighted by Crippen LogP contribution is -2.36. The SMILES string of the molecule is O=C(O)c1cccc(NC(=S)NNc2nc3ccccc3c(=O)n2-c2ccccc2)c1. The molecule has 4 N–H and O–H groups in total. The zero-order chi connectivity index (χ0) is 21.8. The van der Waals surface area contributed by atoms with Crippen molar-refractivity contribution in [1.29, 1.82) is 0 Å². The van der Waals surface area contributed by atoms with Crippen LogP contribution in [0.1, 0.15) is 10.4 Å². The quantitative estimate of drug-likeness (QED) is 0.281. The van der Waals surface area contributed by atoms with Crippen molar-refractivity contribution in [3.05, 3.63) is 94.8 Å². The second-order valence-corrected chi connectivity index (χ2v) is 6.93. The number of rotatable bonds is 5. The van der Waals surface area contributed by atoms with Gasteiger partial charge in [-0.3, -0.25) is 15.6 Å². The van der Waals surface area contributed by atoms with Crippen LogP contribution in [0.5, 0.6) is 0 Å². The number of fused-ring (bicyclic) bond motifs is 1. The standard InChI is InChI=1S/C22H17N5O3S/c28-19-17-11-4-5-12-18(17)24-21(27(19)16-9-2-1-3-10-16)25-26-22(31)23-15-8-6-7-14(13-15)20(29)30/h1-13H,(H,24,25)(H,29,30)(H2,23,26,31). The Morgan fingerprint density at radius 2 is 1.71 bits per heavy atom. The van der Waals surface area contributed by atoms with Crippen molar-refractivity contribution in [3.63, 3.8) is 0 Å². The number of nitrogens with one attached hydrogen (secondary N) is 3. The van der Waals surface area contributed by atoms with E-state index in [1.165, 1.54) is 16.7 Å². The van der Waals surface area contributed by atoms with Crippen molar-refractivity contribution in [2.24, 2.45) is 0 Å². The number of nitrogens with zero attached hydrogens (tertiary/aromatic N) is 2. The highest BCUT2D eigenvalue weighted by atomic mass is 32.1. The van der Waals surface area contributed by atoms with Crippen LogP contribution in [0, 0.1) is 0 Å². The number of anilines is 2. The first-order valence-corrected chi connectivity index (χ1v) is 9.67. The smallest absolute Gasteiger partial charge is 0.335 e. The second kappa shape index (κ2) is 8.64. The van der Waals surface area contributed by atoms with Gasteiger partial charge in [-0.05, 0) is 54.7 Å². The Morgan fingerprint density at radius 1 is 0.968 bits per heavy atom. The van der Waals surface area contributed by atoms with E-state index in [4.69, 9.17) is 17.3 Å². The number of hydrogen-bond donors (Lipinski definition) is 4. The molecule has 0 aliphatic carbocycles. The molecule has 0 spiro atoms. The molecule has 154 valence electrons. The highest BCUT2D eigenvalue weighted by Gasteiger charge is 2.13. The van der Waals surface area contributed by atoms with E-state index in [1.807, 2.05) is 18.2 Å². The van der Waals surface area contributed by atoms with Gasteiger partial charge >= 0.3 is 5.97 Å². The van der Waals surface area contributed by atoms with E-state index >= 15 is 0 Å². The predicted octanol–water partition coefficient (Wildman–Crippen LogP) is 3.40. The van der Waals surface area contributed by atoms with E-state index in [2.05, 4.69) is 21.2 Å². The van der Waals surface area contributed by atoms with Gasteiger partial charge in [0.15, 0.2) is 5.11 Å². The Kier molecular flexibility index (Phi) is 5.59. The van der Waals surface area contributed by atoms with Crippen LogP contribution in [-0.4, -0.2) is 25.7 Å². The fourth-order valence-electron chi connectivity index (χ4n) is 3.04. The molecule has 0 fully saturated rings. The number of para-hydroxylation sites is 2. The maximum atomic E-state index is 13.1. The molecule has 0 saturated carbocycles. The van der Waals surface area contributed by atoms with Crippen molar-refractivity contribution >= 4 is 45.8 Å². The Labute approximate surface area is 182 Å². The molecule has 4 aromatic rings. The van der Waals surface area contributed by atoms with Crippen LogP contribution >= 0.6 is 12.2 Å². The molecule has 0 radical (unpaired) electrons. The number of hydrazine groups is 1. The third kappa shape index (κ3) is 4.36. The summed E-state index contributed by atoms with van der Waals surface area (Å²) < 4.78 is 1.45. The van der Waals surface area contributed by atoms with Gasteiger partial charge in [-0.25, -0.2) is 14.3 Å². The van der Waals surface area contributed by atoms with Crippen LogP contribution in [0.4, 0.5) is 11.6 Å². The highest BCUT2D eigenvalue weighted by molar-refractivity contribution is 7.80. The molecule has 4 rings (SSSR count). The number of carbonyl (C=O) groups is 1. The molecule has 8 nitrogen and oxygen atoms in total. The van der Waals surface area contributed by atoms with E-state index in [0.29, 0.717) is 22.3 Å². The van der Waals surface area contributed by atoms with Crippen LogP contribution < -0.4 is 21.7 Å². The van der Waals surface area contributed by atoms with Crippen LogP contribution in [0.25, 0.3) is 16.6 Å². The Morgan fingerprint density at radius 3 is 2.48 bits per heavy atom. The second-order valence-electron chi connectivity index (χ2n) is 6.52. The summed E-state index contributed by atoms with van der Waals surface area (Å²) in [4.78, 5) is 28.8. The van der Waals surface area contributed by atoms with Crippen LogP contribution in [0.15, 0.2) is 83.7 Å². The monoisotopic (exact) mass is 431 g/mol. The minimum Gasteiger partial charge on any atom is -0.478 e. The van der Waals surface area contributed by atoms with Crippen LogP contribution in [-0.2, 0) is 0 Å². The minimum absolute atomic E-state index is 0.134. The maximum absolute atomic E-state index is 13.1. The van der Waals surface area contributed by atoms with Crippen molar-refractivity contribution in [1.82, 2.24) is 15.0 Å². The summed E-state index contributed by atoms with van der Waals surface area (Å²) in [5, 5.41) is 12.7. The first-order chi connectivity index (χ1) is 15.0. The molecule has 0 aliphatic rings. The summed E-state index contributed by atoms with van der Waals surface area (Å²) >= 11 is 5.29. The number of thiocarbonyl (C=S) groups is 1. The molecule has 0 unspecified atom stereocenters. The fraction of sp³-hybridized carbons (Fsp3) is 0. The summed E-state index contributed by atoms with van der Waals surface area (Å²) in [5.74, 6) is -0.786. The van der Waals surface area contributed by atoms with Crippen molar-refractivity contribution in [3.8, 4) is 5.69 Å². The first-order valence-electron chi connectivity index (χ1n) is 9.26. The molecular formula is C22H17N5O3S. The largest absolute Gasteiger partial charge is 0.478 e.